The molecule has 2 rings (SSSR count). The number of hydrogen-bond acceptors (Lipinski definition) is 3. The first-order chi connectivity index (χ1) is 8.81. The number of halogens is 1. The molecule has 1 N–H and O–H groups in total. The zero-order valence-corrected chi connectivity index (χ0v) is 12.4. The number of benzene rings is 1. The third-order valence-electron chi connectivity index (χ3n) is 2.91. The van der Waals surface area contributed by atoms with Gasteiger partial charge in [0.15, 0.2) is 0 Å². The number of ether oxygens (including phenoxy) is 2. The summed E-state index contributed by atoms with van der Waals surface area (Å²) in [6.45, 7) is 6.24. The van der Waals surface area contributed by atoms with Gasteiger partial charge in [0.2, 0.25) is 0 Å². The average Bonchev–Trinajstić information content (AvgIpc) is 2.81. The minimum atomic E-state index is 0.769. The van der Waals surface area contributed by atoms with Crippen LogP contribution in [0, 0.1) is 0 Å². The van der Waals surface area contributed by atoms with Crippen LogP contribution in [-0.4, -0.2) is 26.4 Å². The quantitative estimate of drug-likeness (QED) is 0.785. The van der Waals surface area contributed by atoms with Crippen LogP contribution in [-0.2, 0) is 17.7 Å². The molecule has 18 heavy (non-hydrogen) atoms. The average molecular weight is 314 g/mol. The zero-order valence-electron chi connectivity index (χ0n) is 10.8. The Labute approximate surface area is 117 Å². The van der Waals surface area contributed by atoms with E-state index in [0.29, 0.717) is 0 Å². The van der Waals surface area contributed by atoms with E-state index in [1.165, 1.54) is 11.1 Å². The largest absolute Gasteiger partial charge is 0.493 e. The number of fused-ring (bicyclic) bond motifs is 1. The first-order valence-electron chi connectivity index (χ1n) is 6.54. The Bertz CT molecular complexity index is 396. The molecule has 0 fully saturated rings. The highest BCUT2D eigenvalue weighted by atomic mass is 79.9. The van der Waals surface area contributed by atoms with Crippen molar-refractivity contribution >= 4 is 15.9 Å². The maximum Gasteiger partial charge on any atom is 0.127 e. The van der Waals surface area contributed by atoms with Gasteiger partial charge < -0.3 is 14.8 Å². The predicted octanol–water partition coefficient (Wildman–Crippen LogP) is 2.90. The number of hydrogen-bond donors (Lipinski definition) is 1. The van der Waals surface area contributed by atoms with E-state index in [4.69, 9.17) is 9.47 Å². The van der Waals surface area contributed by atoms with Crippen LogP contribution in [0.25, 0.3) is 0 Å². The van der Waals surface area contributed by atoms with Gasteiger partial charge in [-0.05, 0) is 24.1 Å². The Morgan fingerprint density at radius 3 is 3.11 bits per heavy atom. The van der Waals surface area contributed by atoms with E-state index < -0.39 is 0 Å². The lowest BCUT2D eigenvalue weighted by atomic mass is 10.1. The molecule has 0 aromatic heterocycles. The summed E-state index contributed by atoms with van der Waals surface area (Å²) in [4.78, 5) is 0. The number of rotatable bonds is 7. The molecule has 0 amide bonds. The minimum Gasteiger partial charge on any atom is -0.493 e. The topological polar surface area (TPSA) is 30.5 Å². The first-order valence-corrected chi connectivity index (χ1v) is 7.33. The van der Waals surface area contributed by atoms with Gasteiger partial charge in [0.05, 0.1) is 13.2 Å². The summed E-state index contributed by atoms with van der Waals surface area (Å²) in [5.41, 5.74) is 2.54. The summed E-state index contributed by atoms with van der Waals surface area (Å²) in [5, 5.41) is 3.39. The Morgan fingerprint density at radius 2 is 2.28 bits per heavy atom. The molecule has 4 heteroatoms. The third-order valence-corrected chi connectivity index (χ3v) is 3.37. The molecule has 0 spiro atoms. The maximum absolute atomic E-state index is 5.69. The molecule has 100 valence electrons. The standard InChI is InChI=1S/C14H20BrNO2/c1-2-5-17-7-4-16-10-12-9-13(15)8-11-3-6-18-14(11)12/h8-9,16H,2-7,10H2,1H3. The Hall–Kier alpha value is -0.580. The molecule has 0 aliphatic carbocycles. The van der Waals surface area contributed by atoms with E-state index in [-0.39, 0.29) is 0 Å². The highest BCUT2D eigenvalue weighted by molar-refractivity contribution is 9.10. The maximum atomic E-state index is 5.69. The van der Waals surface area contributed by atoms with Crippen LogP contribution in [0.5, 0.6) is 5.75 Å². The van der Waals surface area contributed by atoms with E-state index in [9.17, 15) is 0 Å². The second-order valence-electron chi connectivity index (χ2n) is 4.44. The van der Waals surface area contributed by atoms with E-state index in [0.717, 1.165) is 56.0 Å². The first kappa shape index (κ1) is 13.8. The molecule has 0 atom stereocenters. The monoisotopic (exact) mass is 313 g/mol. The SMILES string of the molecule is CCCOCCNCc1cc(Br)cc2c1OCC2. The molecule has 0 radical (unpaired) electrons. The van der Waals surface area contributed by atoms with E-state index >= 15 is 0 Å². The van der Waals surface area contributed by atoms with Crippen LogP contribution >= 0.6 is 15.9 Å². The van der Waals surface area contributed by atoms with Gasteiger partial charge in [-0.2, -0.15) is 0 Å². The van der Waals surface area contributed by atoms with Crippen LogP contribution in [0.15, 0.2) is 16.6 Å². The van der Waals surface area contributed by atoms with Crippen molar-refractivity contribution in [1.29, 1.82) is 0 Å². The summed E-state index contributed by atoms with van der Waals surface area (Å²) >= 11 is 3.55. The lowest BCUT2D eigenvalue weighted by Crippen LogP contribution is -2.19. The minimum absolute atomic E-state index is 0.769. The van der Waals surface area contributed by atoms with E-state index in [1.54, 1.807) is 0 Å². The Balaban J connectivity index is 1.82. The molecular weight excluding hydrogens is 294 g/mol. The van der Waals surface area contributed by atoms with Crippen LogP contribution in [0.1, 0.15) is 24.5 Å². The van der Waals surface area contributed by atoms with Gasteiger partial charge >= 0.3 is 0 Å². The predicted molar refractivity (Wildman–Crippen MR) is 76.2 cm³/mol. The van der Waals surface area contributed by atoms with Crippen LogP contribution in [0.4, 0.5) is 0 Å². The third kappa shape index (κ3) is 3.70. The van der Waals surface area contributed by atoms with Gasteiger partial charge in [0, 0.05) is 36.2 Å². The van der Waals surface area contributed by atoms with Crippen molar-refractivity contribution in [2.24, 2.45) is 0 Å². The fourth-order valence-corrected chi connectivity index (χ4v) is 2.64. The van der Waals surface area contributed by atoms with Gasteiger partial charge in [-0.3, -0.25) is 0 Å². The van der Waals surface area contributed by atoms with Crippen molar-refractivity contribution in [3.8, 4) is 5.75 Å². The summed E-state index contributed by atoms with van der Waals surface area (Å²) in [6.07, 6.45) is 2.09. The molecular formula is C14H20BrNO2. The lowest BCUT2D eigenvalue weighted by Gasteiger charge is -2.10. The molecule has 1 aromatic rings. The van der Waals surface area contributed by atoms with Crippen molar-refractivity contribution in [1.82, 2.24) is 5.32 Å². The van der Waals surface area contributed by atoms with Gasteiger partial charge in [-0.25, -0.2) is 0 Å². The highest BCUT2D eigenvalue weighted by Crippen LogP contribution is 2.32. The molecule has 1 heterocycles. The molecule has 1 aromatic carbocycles. The molecule has 3 nitrogen and oxygen atoms in total. The summed E-state index contributed by atoms with van der Waals surface area (Å²) in [6, 6.07) is 4.28. The fourth-order valence-electron chi connectivity index (χ4n) is 2.09. The smallest absolute Gasteiger partial charge is 0.127 e. The Morgan fingerprint density at radius 1 is 1.39 bits per heavy atom. The zero-order chi connectivity index (χ0) is 12.8. The highest BCUT2D eigenvalue weighted by Gasteiger charge is 2.16. The van der Waals surface area contributed by atoms with Crippen LogP contribution in [0.2, 0.25) is 0 Å². The number of nitrogens with one attached hydrogen (secondary N) is 1. The van der Waals surface area contributed by atoms with Crippen LogP contribution < -0.4 is 10.1 Å². The molecule has 0 saturated carbocycles. The van der Waals surface area contributed by atoms with Crippen molar-refractivity contribution in [3.63, 3.8) is 0 Å². The normalized spacial score (nSPS) is 13.4. The summed E-state index contributed by atoms with van der Waals surface area (Å²) in [5.74, 6) is 1.07. The van der Waals surface area contributed by atoms with Gasteiger partial charge in [-0.1, -0.05) is 22.9 Å². The lowest BCUT2D eigenvalue weighted by molar-refractivity contribution is 0.136. The van der Waals surface area contributed by atoms with E-state index in [2.05, 4.69) is 40.3 Å². The summed E-state index contributed by atoms with van der Waals surface area (Å²) < 4.78 is 12.3. The molecule has 0 bridgehead atoms. The van der Waals surface area contributed by atoms with Gasteiger partial charge in [0.25, 0.3) is 0 Å². The van der Waals surface area contributed by atoms with Gasteiger partial charge in [0.1, 0.15) is 5.75 Å². The fraction of sp³-hybridized carbons (Fsp3) is 0.571. The van der Waals surface area contributed by atoms with Crippen molar-refractivity contribution in [2.75, 3.05) is 26.4 Å². The van der Waals surface area contributed by atoms with Crippen molar-refractivity contribution in [3.05, 3.63) is 27.7 Å². The molecule has 0 unspecified atom stereocenters. The van der Waals surface area contributed by atoms with Crippen molar-refractivity contribution in [2.45, 2.75) is 26.3 Å². The van der Waals surface area contributed by atoms with E-state index in [1.807, 2.05) is 0 Å². The molecule has 1 aliphatic rings. The van der Waals surface area contributed by atoms with Crippen LogP contribution in [0.3, 0.4) is 0 Å². The van der Waals surface area contributed by atoms with Gasteiger partial charge in [-0.15, -0.1) is 0 Å². The summed E-state index contributed by atoms with van der Waals surface area (Å²) in [7, 11) is 0. The molecule has 0 saturated heterocycles. The Kier molecular flexibility index (Phi) is 5.47. The second kappa shape index (κ2) is 7.12. The second-order valence-corrected chi connectivity index (χ2v) is 5.36. The molecule has 1 aliphatic heterocycles. The van der Waals surface area contributed by atoms with Crippen molar-refractivity contribution < 1.29 is 9.47 Å².